The number of nitrogens with zero attached hydrogens (tertiary/aromatic N) is 3. The molecule has 122 valence electrons. The maximum Gasteiger partial charge on any atom is 0.0948 e. The number of aryl methyl sites for hydroxylation is 1. The van der Waals surface area contributed by atoms with Crippen molar-refractivity contribution in [2.24, 2.45) is 5.73 Å². The van der Waals surface area contributed by atoms with Crippen LogP contribution in [-0.2, 0) is 11.3 Å². The van der Waals surface area contributed by atoms with E-state index in [9.17, 15) is 0 Å². The summed E-state index contributed by atoms with van der Waals surface area (Å²) in [7, 11) is 1.75. The third kappa shape index (κ3) is 4.80. The van der Waals surface area contributed by atoms with Crippen molar-refractivity contribution in [3.05, 3.63) is 18.2 Å². The fourth-order valence-corrected chi connectivity index (χ4v) is 3.01. The number of methoxy groups -OCH3 is 1. The van der Waals surface area contributed by atoms with Crippen molar-refractivity contribution in [1.82, 2.24) is 14.5 Å². The largest absolute Gasteiger partial charge is 0.383 e. The number of ether oxygens (including phenoxy) is 1. The van der Waals surface area contributed by atoms with Crippen molar-refractivity contribution >= 4 is 0 Å². The van der Waals surface area contributed by atoms with E-state index in [0.29, 0.717) is 12.6 Å². The average molecular weight is 296 g/mol. The quantitative estimate of drug-likeness (QED) is 0.681. The van der Waals surface area contributed by atoms with Crippen LogP contribution in [0.5, 0.6) is 0 Å². The molecule has 5 heteroatoms. The molecule has 1 unspecified atom stereocenters. The Morgan fingerprint density at radius 3 is 2.57 bits per heavy atom. The molecule has 0 aliphatic rings. The van der Waals surface area contributed by atoms with E-state index < -0.39 is 0 Å². The van der Waals surface area contributed by atoms with Gasteiger partial charge in [-0.25, -0.2) is 4.98 Å². The number of rotatable bonds is 11. The summed E-state index contributed by atoms with van der Waals surface area (Å²) in [4.78, 5) is 6.83. The van der Waals surface area contributed by atoms with Crippen molar-refractivity contribution in [2.75, 3.05) is 26.8 Å². The van der Waals surface area contributed by atoms with Crippen LogP contribution in [0.3, 0.4) is 0 Å². The molecule has 1 aromatic rings. The predicted octanol–water partition coefficient (Wildman–Crippen LogP) is 2.43. The van der Waals surface area contributed by atoms with Crippen LogP contribution in [-0.4, -0.2) is 47.3 Å². The molecule has 0 fully saturated rings. The fourth-order valence-electron chi connectivity index (χ4n) is 3.01. The first-order valence-electron chi connectivity index (χ1n) is 8.18. The minimum absolute atomic E-state index is 0.207. The van der Waals surface area contributed by atoms with E-state index in [0.717, 1.165) is 39.0 Å². The lowest BCUT2D eigenvalue weighted by atomic mass is 10.0. The highest BCUT2D eigenvalue weighted by Gasteiger charge is 2.26. The van der Waals surface area contributed by atoms with Gasteiger partial charge in [0, 0.05) is 39.0 Å². The van der Waals surface area contributed by atoms with Gasteiger partial charge in [-0.2, -0.15) is 0 Å². The summed E-state index contributed by atoms with van der Waals surface area (Å²) in [5.74, 6) is 0. The number of aromatic nitrogens is 2. The van der Waals surface area contributed by atoms with Crippen LogP contribution >= 0.6 is 0 Å². The molecule has 2 N–H and O–H groups in total. The van der Waals surface area contributed by atoms with Gasteiger partial charge in [0.15, 0.2) is 0 Å². The average Bonchev–Trinajstić information content (AvgIpc) is 2.94. The lowest BCUT2D eigenvalue weighted by Gasteiger charge is -2.37. The zero-order valence-corrected chi connectivity index (χ0v) is 14.1. The first-order chi connectivity index (χ1) is 10.2. The lowest BCUT2D eigenvalue weighted by molar-refractivity contribution is 0.0787. The molecule has 5 nitrogen and oxygen atoms in total. The number of hydrogen-bond acceptors (Lipinski definition) is 4. The Balaban J connectivity index is 3.01. The normalized spacial score (nSPS) is 13.3. The van der Waals surface area contributed by atoms with E-state index in [2.05, 4.69) is 35.2 Å². The van der Waals surface area contributed by atoms with Gasteiger partial charge in [-0.05, 0) is 19.3 Å². The van der Waals surface area contributed by atoms with Crippen molar-refractivity contribution < 1.29 is 4.74 Å². The maximum absolute atomic E-state index is 6.13. The van der Waals surface area contributed by atoms with Gasteiger partial charge in [-0.3, -0.25) is 4.90 Å². The second-order valence-corrected chi connectivity index (χ2v) is 5.46. The van der Waals surface area contributed by atoms with Crippen LogP contribution in [0.1, 0.15) is 51.8 Å². The summed E-state index contributed by atoms with van der Waals surface area (Å²) < 4.78 is 7.53. The van der Waals surface area contributed by atoms with Gasteiger partial charge in [-0.1, -0.05) is 20.8 Å². The molecule has 1 atom stereocenters. The monoisotopic (exact) mass is 296 g/mol. The van der Waals surface area contributed by atoms with Crippen molar-refractivity contribution in [3.63, 3.8) is 0 Å². The highest BCUT2D eigenvalue weighted by molar-refractivity contribution is 5.07. The SMILES string of the molecule is CCCn1cncc1C(CN)N(CCOC)C(CC)CC. The van der Waals surface area contributed by atoms with Crippen LogP contribution < -0.4 is 5.73 Å². The van der Waals surface area contributed by atoms with E-state index in [1.165, 1.54) is 5.69 Å². The molecule has 0 saturated carbocycles. The number of hydrogen-bond donors (Lipinski definition) is 1. The Bertz CT molecular complexity index is 376. The van der Waals surface area contributed by atoms with Gasteiger partial charge in [-0.15, -0.1) is 0 Å². The van der Waals surface area contributed by atoms with Crippen LogP contribution in [0.4, 0.5) is 0 Å². The Kier molecular flexibility index (Phi) is 8.57. The molecular weight excluding hydrogens is 264 g/mol. The second kappa shape index (κ2) is 9.92. The van der Waals surface area contributed by atoms with E-state index in [4.69, 9.17) is 10.5 Å². The highest BCUT2D eigenvalue weighted by atomic mass is 16.5. The van der Waals surface area contributed by atoms with Crippen molar-refractivity contribution in [1.29, 1.82) is 0 Å². The van der Waals surface area contributed by atoms with E-state index >= 15 is 0 Å². The Hall–Kier alpha value is -0.910. The fraction of sp³-hybridized carbons (Fsp3) is 0.812. The zero-order valence-electron chi connectivity index (χ0n) is 14.1. The first-order valence-corrected chi connectivity index (χ1v) is 8.18. The second-order valence-electron chi connectivity index (χ2n) is 5.46. The van der Waals surface area contributed by atoms with Crippen LogP contribution in [0, 0.1) is 0 Å². The Morgan fingerprint density at radius 2 is 2.05 bits per heavy atom. The van der Waals surface area contributed by atoms with Crippen molar-refractivity contribution in [2.45, 2.75) is 58.7 Å². The zero-order chi connectivity index (χ0) is 15.7. The smallest absolute Gasteiger partial charge is 0.0948 e. The molecule has 1 rings (SSSR count). The van der Waals surface area contributed by atoms with Crippen LogP contribution in [0.2, 0.25) is 0 Å². The summed E-state index contributed by atoms with van der Waals surface area (Å²) in [6, 6.07) is 0.734. The molecule has 1 heterocycles. The maximum atomic E-state index is 6.13. The van der Waals surface area contributed by atoms with Crippen molar-refractivity contribution in [3.8, 4) is 0 Å². The molecular formula is C16H32N4O. The first kappa shape index (κ1) is 18.1. The third-order valence-electron chi connectivity index (χ3n) is 4.14. The van der Waals surface area contributed by atoms with E-state index in [1.807, 2.05) is 12.5 Å². The van der Waals surface area contributed by atoms with E-state index in [-0.39, 0.29) is 6.04 Å². The molecule has 0 radical (unpaired) electrons. The van der Waals surface area contributed by atoms with Crippen LogP contribution in [0.15, 0.2) is 12.5 Å². The van der Waals surface area contributed by atoms with Gasteiger partial charge in [0.1, 0.15) is 0 Å². The molecule has 0 amide bonds. The number of imidazole rings is 1. The van der Waals surface area contributed by atoms with Gasteiger partial charge < -0.3 is 15.0 Å². The lowest BCUT2D eigenvalue weighted by Crippen LogP contribution is -2.43. The predicted molar refractivity (Wildman–Crippen MR) is 87.3 cm³/mol. The Labute approximate surface area is 129 Å². The Morgan fingerprint density at radius 1 is 1.33 bits per heavy atom. The third-order valence-corrected chi connectivity index (χ3v) is 4.14. The summed E-state index contributed by atoms with van der Waals surface area (Å²) in [5, 5.41) is 0. The number of nitrogens with two attached hydrogens (primary N) is 1. The standard InChI is InChI=1S/C16H32N4O/c1-5-8-19-13-18-12-16(19)15(11-17)20(9-10-21-4)14(6-2)7-3/h12-15H,5-11,17H2,1-4H3. The molecule has 0 aliphatic heterocycles. The molecule has 1 aromatic heterocycles. The van der Waals surface area contributed by atoms with Gasteiger partial charge >= 0.3 is 0 Å². The molecule has 21 heavy (non-hydrogen) atoms. The van der Waals surface area contributed by atoms with Crippen LogP contribution in [0.25, 0.3) is 0 Å². The molecule has 0 aromatic carbocycles. The van der Waals surface area contributed by atoms with Gasteiger partial charge in [0.25, 0.3) is 0 Å². The highest BCUT2D eigenvalue weighted by Crippen LogP contribution is 2.24. The minimum Gasteiger partial charge on any atom is -0.383 e. The molecule has 0 saturated heterocycles. The minimum atomic E-state index is 0.207. The molecule has 0 spiro atoms. The van der Waals surface area contributed by atoms with Gasteiger partial charge in [0.2, 0.25) is 0 Å². The van der Waals surface area contributed by atoms with Gasteiger partial charge in [0.05, 0.1) is 24.7 Å². The summed E-state index contributed by atoms with van der Waals surface area (Å²) >= 11 is 0. The molecule has 0 aliphatic carbocycles. The topological polar surface area (TPSA) is 56.3 Å². The molecule has 0 bridgehead atoms. The summed E-state index contributed by atoms with van der Waals surface area (Å²) in [6.45, 7) is 9.90. The van der Waals surface area contributed by atoms with E-state index in [1.54, 1.807) is 7.11 Å². The summed E-state index contributed by atoms with van der Waals surface area (Å²) in [6.07, 6.45) is 7.24. The summed E-state index contributed by atoms with van der Waals surface area (Å²) in [5.41, 5.74) is 7.35.